The molecule has 6 heteroatoms. The van der Waals surface area contributed by atoms with Crippen LogP contribution in [0.4, 0.5) is 17.6 Å². The molecule has 0 bridgehead atoms. The SMILES string of the molecule is COc1ccc(F)cc1C(N)C(F)(F)F. The zero-order chi connectivity index (χ0) is 11.6. The van der Waals surface area contributed by atoms with E-state index in [1.807, 2.05) is 0 Å². The van der Waals surface area contributed by atoms with Crippen LogP contribution in [0.2, 0.25) is 0 Å². The summed E-state index contributed by atoms with van der Waals surface area (Å²) < 4.78 is 54.3. The predicted molar refractivity (Wildman–Crippen MR) is 45.9 cm³/mol. The summed E-state index contributed by atoms with van der Waals surface area (Å²) in [6.07, 6.45) is -4.62. The first-order chi connectivity index (χ1) is 6.86. The highest BCUT2D eigenvalue weighted by Crippen LogP contribution is 2.35. The fourth-order valence-electron chi connectivity index (χ4n) is 1.12. The topological polar surface area (TPSA) is 35.2 Å². The lowest BCUT2D eigenvalue weighted by Gasteiger charge is -2.18. The molecule has 1 unspecified atom stereocenters. The summed E-state index contributed by atoms with van der Waals surface area (Å²) >= 11 is 0. The third-order valence-corrected chi connectivity index (χ3v) is 1.88. The van der Waals surface area contributed by atoms with Gasteiger partial charge in [-0.25, -0.2) is 4.39 Å². The molecule has 0 aliphatic heterocycles. The molecule has 0 saturated carbocycles. The molecule has 0 amide bonds. The van der Waals surface area contributed by atoms with Crippen molar-refractivity contribution in [2.24, 2.45) is 5.73 Å². The third kappa shape index (κ3) is 2.59. The summed E-state index contributed by atoms with van der Waals surface area (Å²) in [5, 5.41) is 0. The highest BCUT2D eigenvalue weighted by atomic mass is 19.4. The van der Waals surface area contributed by atoms with Crippen LogP contribution < -0.4 is 10.5 Å². The zero-order valence-electron chi connectivity index (χ0n) is 7.81. The molecule has 2 N–H and O–H groups in total. The minimum atomic E-state index is -4.62. The van der Waals surface area contributed by atoms with Crippen molar-refractivity contribution in [1.82, 2.24) is 0 Å². The number of benzene rings is 1. The first-order valence-corrected chi connectivity index (χ1v) is 4.02. The summed E-state index contributed by atoms with van der Waals surface area (Å²) in [6, 6.07) is 0.585. The summed E-state index contributed by atoms with van der Waals surface area (Å²) in [6.45, 7) is 0. The smallest absolute Gasteiger partial charge is 0.407 e. The summed E-state index contributed by atoms with van der Waals surface area (Å²) in [5.41, 5.74) is 4.53. The molecule has 84 valence electrons. The lowest BCUT2D eigenvalue weighted by atomic mass is 10.1. The molecule has 15 heavy (non-hydrogen) atoms. The van der Waals surface area contributed by atoms with E-state index in [-0.39, 0.29) is 5.75 Å². The van der Waals surface area contributed by atoms with Gasteiger partial charge in [0.2, 0.25) is 0 Å². The summed E-state index contributed by atoms with van der Waals surface area (Å²) in [4.78, 5) is 0. The molecule has 0 heterocycles. The molecular weight excluding hydrogens is 214 g/mol. The molecule has 0 aliphatic rings. The number of hydrogen-bond acceptors (Lipinski definition) is 2. The van der Waals surface area contributed by atoms with E-state index >= 15 is 0 Å². The summed E-state index contributed by atoms with van der Waals surface area (Å²) in [7, 11) is 1.19. The van der Waals surface area contributed by atoms with Crippen molar-refractivity contribution in [1.29, 1.82) is 0 Å². The number of nitrogens with two attached hydrogens (primary N) is 1. The molecule has 0 radical (unpaired) electrons. The van der Waals surface area contributed by atoms with E-state index in [0.717, 1.165) is 18.2 Å². The van der Waals surface area contributed by atoms with Gasteiger partial charge in [0.1, 0.15) is 17.6 Å². The second kappa shape index (κ2) is 4.06. The predicted octanol–water partition coefficient (Wildman–Crippen LogP) is 2.40. The summed E-state index contributed by atoms with van der Waals surface area (Å²) in [5.74, 6) is -0.869. The molecule has 0 fully saturated rings. The lowest BCUT2D eigenvalue weighted by molar-refractivity contribution is -0.149. The average Bonchev–Trinajstić information content (AvgIpc) is 2.15. The van der Waals surface area contributed by atoms with Crippen LogP contribution in [0.3, 0.4) is 0 Å². The van der Waals surface area contributed by atoms with Crippen molar-refractivity contribution in [3.05, 3.63) is 29.6 Å². The number of ether oxygens (including phenoxy) is 1. The fourth-order valence-corrected chi connectivity index (χ4v) is 1.12. The van der Waals surface area contributed by atoms with Crippen LogP contribution in [0.5, 0.6) is 5.75 Å². The number of alkyl halides is 3. The van der Waals surface area contributed by atoms with Crippen LogP contribution in [-0.2, 0) is 0 Å². The highest BCUT2D eigenvalue weighted by molar-refractivity contribution is 5.37. The monoisotopic (exact) mass is 223 g/mol. The van der Waals surface area contributed by atoms with Crippen LogP contribution >= 0.6 is 0 Å². The Morgan fingerprint density at radius 2 is 1.93 bits per heavy atom. The van der Waals surface area contributed by atoms with Gasteiger partial charge in [-0.3, -0.25) is 0 Å². The number of rotatable bonds is 2. The van der Waals surface area contributed by atoms with Crippen LogP contribution in [0, 0.1) is 5.82 Å². The van der Waals surface area contributed by atoms with Gasteiger partial charge >= 0.3 is 6.18 Å². The second-order valence-electron chi connectivity index (χ2n) is 2.91. The molecule has 2 nitrogen and oxygen atoms in total. The van der Waals surface area contributed by atoms with Gasteiger partial charge in [-0.15, -0.1) is 0 Å². The van der Waals surface area contributed by atoms with E-state index in [1.54, 1.807) is 0 Å². The Kier molecular flexibility index (Phi) is 3.18. The number of hydrogen-bond donors (Lipinski definition) is 1. The first-order valence-electron chi connectivity index (χ1n) is 4.02. The van der Waals surface area contributed by atoms with Gasteiger partial charge in [-0.05, 0) is 18.2 Å². The van der Waals surface area contributed by atoms with Crippen LogP contribution in [0.15, 0.2) is 18.2 Å². The molecule has 0 aliphatic carbocycles. The van der Waals surface area contributed by atoms with E-state index in [2.05, 4.69) is 4.74 Å². The van der Waals surface area contributed by atoms with E-state index < -0.39 is 23.6 Å². The van der Waals surface area contributed by atoms with Gasteiger partial charge < -0.3 is 10.5 Å². The normalized spacial score (nSPS) is 13.7. The molecule has 0 aromatic heterocycles. The third-order valence-electron chi connectivity index (χ3n) is 1.88. The minimum absolute atomic E-state index is 0.0822. The molecule has 1 atom stereocenters. The van der Waals surface area contributed by atoms with E-state index in [4.69, 9.17) is 5.73 Å². The molecule has 1 aromatic carbocycles. The van der Waals surface area contributed by atoms with Crippen LogP contribution in [-0.4, -0.2) is 13.3 Å². The maximum Gasteiger partial charge on any atom is 0.407 e. The Morgan fingerprint density at radius 1 is 1.33 bits per heavy atom. The van der Waals surface area contributed by atoms with Crippen molar-refractivity contribution in [2.45, 2.75) is 12.2 Å². The minimum Gasteiger partial charge on any atom is -0.496 e. The number of halogens is 4. The second-order valence-corrected chi connectivity index (χ2v) is 2.91. The Balaban J connectivity index is 3.17. The van der Waals surface area contributed by atoms with Gasteiger partial charge in [0.25, 0.3) is 0 Å². The van der Waals surface area contributed by atoms with Gasteiger partial charge in [0, 0.05) is 5.56 Å². The Labute approximate surface area is 83.6 Å². The quantitative estimate of drug-likeness (QED) is 0.781. The van der Waals surface area contributed by atoms with Gasteiger partial charge in [0.15, 0.2) is 0 Å². The molecular formula is C9H9F4NO. The molecule has 1 aromatic rings. The Bertz CT molecular complexity index is 350. The van der Waals surface area contributed by atoms with Gasteiger partial charge in [-0.2, -0.15) is 13.2 Å². The van der Waals surface area contributed by atoms with Crippen molar-refractivity contribution >= 4 is 0 Å². The van der Waals surface area contributed by atoms with Crippen molar-refractivity contribution < 1.29 is 22.3 Å². The molecule has 0 spiro atoms. The van der Waals surface area contributed by atoms with Crippen molar-refractivity contribution in [3.63, 3.8) is 0 Å². The standard InChI is InChI=1S/C9H9F4NO/c1-15-7-3-2-5(10)4-6(7)8(14)9(11,12)13/h2-4,8H,14H2,1H3. The van der Waals surface area contributed by atoms with Crippen molar-refractivity contribution in [2.75, 3.05) is 7.11 Å². The van der Waals surface area contributed by atoms with E-state index in [1.165, 1.54) is 7.11 Å². The van der Waals surface area contributed by atoms with E-state index in [9.17, 15) is 17.6 Å². The highest BCUT2D eigenvalue weighted by Gasteiger charge is 2.39. The number of methoxy groups -OCH3 is 1. The van der Waals surface area contributed by atoms with Crippen LogP contribution in [0.25, 0.3) is 0 Å². The maximum absolute atomic E-state index is 12.8. The van der Waals surface area contributed by atoms with Crippen LogP contribution in [0.1, 0.15) is 11.6 Å². The maximum atomic E-state index is 12.8. The molecule has 1 rings (SSSR count). The fraction of sp³-hybridized carbons (Fsp3) is 0.333. The van der Waals surface area contributed by atoms with E-state index in [0.29, 0.717) is 0 Å². The van der Waals surface area contributed by atoms with Gasteiger partial charge in [-0.1, -0.05) is 0 Å². The zero-order valence-corrected chi connectivity index (χ0v) is 7.81. The van der Waals surface area contributed by atoms with Crippen molar-refractivity contribution in [3.8, 4) is 5.75 Å². The first kappa shape index (κ1) is 11.8. The largest absolute Gasteiger partial charge is 0.496 e. The van der Waals surface area contributed by atoms with Gasteiger partial charge in [0.05, 0.1) is 7.11 Å². The lowest BCUT2D eigenvalue weighted by Crippen LogP contribution is -2.28. The average molecular weight is 223 g/mol. The Morgan fingerprint density at radius 3 is 2.40 bits per heavy atom. The molecule has 0 saturated heterocycles. The Hall–Kier alpha value is -1.30.